The number of benzene rings is 1. The van der Waals surface area contributed by atoms with Gasteiger partial charge in [-0.1, -0.05) is 25.5 Å². The van der Waals surface area contributed by atoms with Crippen LogP contribution >= 0.6 is 0 Å². The molecule has 0 bridgehead atoms. The summed E-state index contributed by atoms with van der Waals surface area (Å²) in [4.78, 5) is 13.8. The summed E-state index contributed by atoms with van der Waals surface area (Å²) in [6.07, 6.45) is 3.98. The average Bonchev–Trinajstić information content (AvgIpc) is 2.47. The number of nitrogens with two attached hydrogens (primary N) is 1. The highest BCUT2D eigenvalue weighted by Gasteiger charge is 2.20. The van der Waals surface area contributed by atoms with Crippen molar-refractivity contribution in [3.05, 3.63) is 29.8 Å². The number of likely N-dealkylation sites (tertiary alicyclic amines) is 1. The highest BCUT2D eigenvalue weighted by atomic mass is 16.5. The SMILES string of the molecule is CCCc1ccc(OCC(=O)N2CCC(N)CC2)cc1. The van der Waals surface area contributed by atoms with E-state index in [0.717, 1.165) is 44.5 Å². The second-order valence-electron chi connectivity index (χ2n) is 5.40. The van der Waals surface area contributed by atoms with E-state index in [1.165, 1.54) is 5.56 Å². The van der Waals surface area contributed by atoms with Crippen molar-refractivity contribution in [3.8, 4) is 5.75 Å². The van der Waals surface area contributed by atoms with Crippen molar-refractivity contribution in [2.24, 2.45) is 5.73 Å². The van der Waals surface area contributed by atoms with Crippen LogP contribution in [0.5, 0.6) is 5.75 Å². The largest absolute Gasteiger partial charge is 0.484 e. The topological polar surface area (TPSA) is 55.6 Å². The first-order valence-corrected chi connectivity index (χ1v) is 7.44. The van der Waals surface area contributed by atoms with Gasteiger partial charge in [0.1, 0.15) is 5.75 Å². The Hall–Kier alpha value is -1.55. The van der Waals surface area contributed by atoms with E-state index in [-0.39, 0.29) is 18.6 Å². The van der Waals surface area contributed by atoms with Gasteiger partial charge in [-0.15, -0.1) is 0 Å². The van der Waals surface area contributed by atoms with Gasteiger partial charge in [-0.2, -0.15) is 0 Å². The summed E-state index contributed by atoms with van der Waals surface area (Å²) < 4.78 is 5.56. The molecule has 1 amide bonds. The van der Waals surface area contributed by atoms with Gasteiger partial charge >= 0.3 is 0 Å². The van der Waals surface area contributed by atoms with Crippen LogP contribution in [0.1, 0.15) is 31.7 Å². The minimum atomic E-state index is 0.0505. The number of hydrogen-bond acceptors (Lipinski definition) is 3. The van der Waals surface area contributed by atoms with Gasteiger partial charge in [0.2, 0.25) is 0 Å². The van der Waals surface area contributed by atoms with E-state index in [4.69, 9.17) is 10.5 Å². The van der Waals surface area contributed by atoms with Crippen molar-refractivity contribution < 1.29 is 9.53 Å². The van der Waals surface area contributed by atoms with E-state index in [9.17, 15) is 4.79 Å². The van der Waals surface area contributed by atoms with Crippen molar-refractivity contribution in [3.63, 3.8) is 0 Å². The number of piperidine rings is 1. The Balaban J connectivity index is 1.78. The fraction of sp³-hybridized carbons (Fsp3) is 0.562. The maximum absolute atomic E-state index is 12.0. The van der Waals surface area contributed by atoms with Crippen LogP contribution in [0.3, 0.4) is 0 Å². The lowest BCUT2D eigenvalue weighted by atomic mass is 10.1. The number of ether oxygens (including phenoxy) is 1. The summed E-state index contributed by atoms with van der Waals surface area (Å²) in [5, 5.41) is 0. The van der Waals surface area contributed by atoms with Gasteiger partial charge < -0.3 is 15.4 Å². The molecule has 4 nitrogen and oxygen atoms in total. The van der Waals surface area contributed by atoms with E-state index >= 15 is 0 Å². The molecule has 2 N–H and O–H groups in total. The smallest absolute Gasteiger partial charge is 0.260 e. The Morgan fingerprint density at radius 1 is 1.30 bits per heavy atom. The first-order chi connectivity index (χ1) is 9.69. The molecule has 2 rings (SSSR count). The van der Waals surface area contributed by atoms with Crippen molar-refractivity contribution in [2.75, 3.05) is 19.7 Å². The molecule has 1 aromatic rings. The van der Waals surface area contributed by atoms with Gasteiger partial charge in [0, 0.05) is 19.1 Å². The fourth-order valence-electron chi connectivity index (χ4n) is 2.43. The maximum Gasteiger partial charge on any atom is 0.260 e. The van der Waals surface area contributed by atoms with Crippen LogP contribution in [0.25, 0.3) is 0 Å². The minimum Gasteiger partial charge on any atom is -0.484 e. The number of hydrogen-bond donors (Lipinski definition) is 1. The third-order valence-electron chi connectivity index (χ3n) is 3.72. The Bertz CT molecular complexity index is 423. The van der Waals surface area contributed by atoms with Crippen LogP contribution in [-0.2, 0) is 11.2 Å². The third-order valence-corrected chi connectivity index (χ3v) is 3.72. The van der Waals surface area contributed by atoms with Gasteiger partial charge in [-0.3, -0.25) is 4.79 Å². The number of amides is 1. The molecule has 0 spiro atoms. The van der Waals surface area contributed by atoms with Crippen LogP contribution in [0, 0.1) is 0 Å². The van der Waals surface area contributed by atoms with E-state index in [1.807, 2.05) is 17.0 Å². The second kappa shape index (κ2) is 7.29. The highest BCUT2D eigenvalue weighted by Crippen LogP contribution is 2.14. The van der Waals surface area contributed by atoms with Crippen LogP contribution in [0.15, 0.2) is 24.3 Å². The minimum absolute atomic E-state index is 0.0505. The van der Waals surface area contributed by atoms with E-state index in [1.54, 1.807) is 0 Å². The molecule has 20 heavy (non-hydrogen) atoms. The summed E-state index contributed by atoms with van der Waals surface area (Å²) in [5.74, 6) is 0.807. The van der Waals surface area contributed by atoms with Gasteiger partial charge in [0.15, 0.2) is 6.61 Å². The molecule has 1 aliphatic rings. The lowest BCUT2D eigenvalue weighted by molar-refractivity contribution is -0.134. The zero-order valence-electron chi connectivity index (χ0n) is 12.2. The number of carbonyl (C=O) groups excluding carboxylic acids is 1. The Kier molecular flexibility index (Phi) is 5.41. The zero-order valence-corrected chi connectivity index (χ0v) is 12.2. The quantitative estimate of drug-likeness (QED) is 0.894. The molecule has 1 aliphatic heterocycles. The zero-order chi connectivity index (χ0) is 14.4. The predicted molar refractivity (Wildman–Crippen MR) is 79.7 cm³/mol. The molecule has 0 aromatic heterocycles. The highest BCUT2D eigenvalue weighted by molar-refractivity contribution is 5.77. The fourth-order valence-corrected chi connectivity index (χ4v) is 2.43. The van der Waals surface area contributed by atoms with Crippen molar-refractivity contribution in [1.82, 2.24) is 4.90 Å². The monoisotopic (exact) mass is 276 g/mol. The number of nitrogens with zero attached hydrogens (tertiary/aromatic N) is 1. The number of aryl methyl sites for hydroxylation is 1. The molecule has 0 aliphatic carbocycles. The average molecular weight is 276 g/mol. The summed E-state index contributed by atoms with van der Waals surface area (Å²) >= 11 is 0. The molecule has 1 aromatic carbocycles. The third kappa shape index (κ3) is 4.23. The van der Waals surface area contributed by atoms with E-state index in [0.29, 0.717) is 0 Å². The van der Waals surface area contributed by atoms with Crippen molar-refractivity contribution >= 4 is 5.91 Å². The maximum atomic E-state index is 12.0. The van der Waals surface area contributed by atoms with Gasteiger partial charge in [0.25, 0.3) is 5.91 Å². The van der Waals surface area contributed by atoms with Crippen molar-refractivity contribution in [1.29, 1.82) is 0 Å². The van der Waals surface area contributed by atoms with E-state index < -0.39 is 0 Å². The molecule has 110 valence electrons. The molecule has 1 saturated heterocycles. The Morgan fingerprint density at radius 2 is 1.95 bits per heavy atom. The van der Waals surface area contributed by atoms with Crippen LogP contribution in [0.4, 0.5) is 0 Å². The molecule has 4 heteroatoms. The molecule has 1 heterocycles. The normalized spacial score (nSPS) is 16.2. The number of carbonyl (C=O) groups is 1. The molecule has 0 radical (unpaired) electrons. The first kappa shape index (κ1) is 14.9. The Morgan fingerprint density at radius 3 is 2.55 bits per heavy atom. The Labute approximate surface area is 120 Å². The van der Waals surface area contributed by atoms with Crippen molar-refractivity contribution in [2.45, 2.75) is 38.6 Å². The first-order valence-electron chi connectivity index (χ1n) is 7.44. The summed E-state index contributed by atoms with van der Waals surface area (Å²) in [6.45, 7) is 3.77. The standard InChI is InChI=1S/C16H24N2O2/c1-2-3-13-4-6-15(7-5-13)20-12-16(19)18-10-8-14(17)9-11-18/h4-7,14H,2-3,8-12,17H2,1H3. The summed E-state index contributed by atoms with van der Waals surface area (Å²) in [6, 6.07) is 8.23. The summed E-state index contributed by atoms with van der Waals surface area (Å²) in [5.41, 5.74) is 7.13. The number of rotatable bonds is 5. The lowest BCUT2D eigenvalue weighted by Gasteiger charge is -2.30. The molecule has 0 unspecified atom stereocenters. The van der Waals surface area contributed by atoms with Crippen LogP contribution in [-0.4, -0.2) is 36.5 Å². The van der Waals surface area contributed by atoms with Crippen LogP contribution in [0.2, 0.25) is 0 Å². The van der Waals surface area contributed by atoms with Gasteiger partial charge in [-0.05, 0) is 37.0 Å². The van der Waals surface area contributed by atoms with Crippen LogP contribution < -0.4 is 10.5 Å². The van der Waals surface area contributed by atoms with Gasteiger partial charge in [0.05, 0.1) is 0 Å². The van der Waals surface area contributed by atoms with Gasteiger partial charge in [-0.25, -0.2) is 0 Å². The van der Waals surface area contributed by atoms with E-state index in [2.05, 4.69) is 19.1 Å². The second-order valence-corrected chi connectivity index (χ2v) is 5.40. The molecule has 1 fully saturated rings. The molecular weight excluding hydrogens is 252 g/mol. The summed E-state index contributed by atoms with van der Waals surface area (Å²) in [7, 11) is 0. The molecule has 0 atom stereocenters. The lowest BCUT2D eigenvalue weighted by Crippen LogP contribution is -2.44. The molecular formula is C16H24N2O2. The molecule has 0 saturated carbocycles. The predicted octanol–water partition coefficient (Wildman–Crippen LogP) is 1.97.